The summed E-state index contributed by atoms with van der Waals surface area (Å²) in [5.41, 5.74) is 0. The number of rotatable bonds is 64. The number of esters is 2. The van der Waals surface area contributed by atoms with Gasteiger partial charge in [0, 0.05) is 12.8 Å². The fraction of sp³-hybridized carbons (Fsp3) is 0.912. The topological polar surface area (TPSA) is 108 Å². The highest BCUT2D eigenvalue weighted by molar-refractivity contribution is 7.47. The van der Waals surface area contributed by atoms with Crippen molar-refractivity contribution in [2.75, 3.05) is 47.5 Å². The van der Waals surface area contributed by atoms with Gasteiger partial charge in [0.25, 0.3) is 0 Å². The standard InChI is InChI=1S/C68H132NO8P/c1-6-8-10-12-14-16-18-20-21-22-23-24-25-26-27-28-29-30-31-32-33-34-35-36-37-38-39-40-41-42-43-44-45-46-47-49-50-52-54-56-58-60-67(70)74-64-66(65-76-78(72,73)75-63-62-69(3,4)5)77-68(71)61-59-57-55-53-51-48-19-17-15-13-11-9-7-2/h11,13,17,19,66H,6-10,12,14-16,18,20-65H2,1-5H3/p+1/b13-11-,19-17-. The van der Waals surface area contributed by atoms with Crippen molar-refractivity contribution in [2.45, 2.75) is 354 Å². The molecule has 1 N–H and O–H groups in total. The number of hydrogen-bond acceptors (Lipinski definition) is 7. The molecule has 0 aliphatic rings. The first-order valence-corrected chi connectivity index (χ1v) is 35.6. The molecule has 9 nitrogen and oxygen atoms in total. The maximum absolute atomic E-state index is 12.8. The molecule has 2 unspecified atom stereocenters. The Bertz CT molecular complexity index is 1370. The fourth-order valence-corrected chi connectivity index (χ4v) is 11.0. The maximum Gasteiger partial charge on any atom is 0.472 e. The van der Waals surface area contributed by atoms with Gasteiger partial charge in [0.2, 0.25) is 0 Å². The number of carbonyl (C=O) groups excluding carboxylic acids is 2. The van der Waals surface area contributed by atoms with E-state index in [0.29, 0.717) is 23.9 Å². The summed E-state index contributed by atoms with van der Waals surface area (Å²) in [5, 5.41) is 0. The number of quaternary nitrogens is 1. The van der Waals surface area contributed by atoms with Crippen molar-refractivity contribution in [1.82, 2.24) is 0 Å². The van der Waals surface area contributed by atoms with Crippen molar-refractivity contribution in [3.8, 4) is 0 Å². The normalized spacial score (nSPS) is 13.3. The molecule has 2 atom stereocenters. The van der Waals surface area contributed by atoms with Crippen LogP contribution in [0.3, 0.4) is 0 Å². The summed E-state index contributed by atoms with van der Waals surface area (Å²) in [6.07, 6.45) is 74.7. The summed E-state index contributed by atoms with van der Waals surface area (Å²) in [6.45, 7) is 4.40. The van der Waals surface area contributed by atoms with Crippen LogP contribution in [0.1, 0.15) is 348 Å². The lowest BCUT2D eigenvalue weighted by Crippen LogP contribution is -2.37. The van der Waals surface area contributed by atoms with Crippen LogP contribution in [-0.4, -0.2) is 74.9 Å². The fourth-order valence-electron chi connectivity index (χ4n) is 10.2. The molecule has 0 amide bonds. The van der Waals surface area contributed by atoms with Crippen LogP contribution in [-0.2, 0) is 32.7 Å². The molecule has 0 bridgehead atoms. The molecule has 0 aliphatic heterocycles. The highest BCUT2D eigenvalue weighted by Crippen LogP contribution is 2.43. The second kappa shape index (κ2) is 60.1. The van der Waals surface area contributed by atoms with Crippen molar-refractivity contribution in [3.05, 3.63) is 24.3 Å². The molecule has 78 heavy (non-hydrogen) atoms. The number of carbonyl (C=O) groups is 2. The predicted octanol–water partition coefficient (Wildman–Crippen LogP) is 21.7. The number of hydrogen-bond donors (Lipinski definition) is 1. The molecule has 0 aromatic carbocycles. The molecule has 0 saturated carbocycles. The van der Waals surface area contributed by atoms with E-state index in [1.54, 1.807) is 0 Å². The molecular weight excluding hydrogens is 990 g/mol. The van der Waals surface area contributed by atoms with E-state index in [4.69, 9.17) is 18.5 Å². The molecule has 0 aliphatic carbocycles. The van der Waals surface area contributed by atoms with E-state index in [9.17, 15) is 19.0 Å². The van der Waals surface area contributed by atoms with Crippen molar-refractivity contribution < 1.29 is 42.1 Å². The monoisotopic (exact) mass is 1120 g/mol. The van der Waals surface area contributed by atoms with Gasteiger partial charge in [-0.05, 0) is 38.5 Å². The number of phosphoric acid groups is 1. The number of ether oxygens (including phenoxy) is 2. The van der Waals surface area contributed by atoms with Crippen LogP contribution >= 0.6 is 7.82 Å². The van der Waals surface area contributed by atoms with Crippen LogP contribution in [0.15, 0.2) is 24.3 Å². The number of nitrogens with zero attached hydrogens (tertiary/aromatic N) is 1. The Morgan fingerprint density at radius 2 is 0.718 bits per heavy atom. The van der Waals surface area contributed by atoms with Gasteiger partial charge in [0.05, 0.1) is 27.7 Å². The molecule has 0 saturated heterocycles. The highest BCUT2D eigenvalue weighted by Gasteiger charge is 2.27. The largest absolute Gasteiger partial charge is 0.472 e. The summed E-state index contributed by atoms with van der Waals surface area (Å²) in [5.74, 6) is -0.799. The number of allylic oxidation sites excluding steroid dienone is 4. The molecule has 0 rings (SSSR count). The number of likely N-dealkylation sites (N-methyl/N-ethyl adjacent to an activating group) is 1. The van der Waals surface area contributed by atoms with Gasteiger partial charge in [-0.2, -0.15) is 0 Å². The van der Waals surface area contributed by atoms with Crippen LogP contribution in [0.2, 0.25) is 0 Å². The van der Waals surface area contributed by atoms with Gasteiger partial charge in [0.15, 0.2) is 6.10 Å². The molecule has 0 aromatic rings. The van der Waals surface area contributed by atoms with E-state index in [0.717, 1.165) is 64.2 Å². The van der Waals surface area contributed by atoms with E-state index in [1.165, 1.54) is 250 Å². The van der Waals surface area contributed by atoms with E-state index in [1.807, 2.05) is 21.1 Å². The van der Waals surface area contributed by atoms with E-state index in [2.05, 4.69) is 38.2 Å². The van der Waals surface area contributed by atoms with Crippen molar-refractivity contribution in [2.24, 2.45) is 0 Å². The minimum Gasteiger partial charge on any atom is -0.462 e. The number of unbranched alkanes of at least 4 members (excludes halogenated alkanes) is 46. The average molecular weight is 1120 g/mol. The lowest BCUT2D eigenvalue weighted by atomic mass is 10.0. The van der Waals surface area contributed by atoms with Crippen molar-refractivity contribution in [1.29, 1.82) is 0 Å². The molecular formula is C68H133NO8P+. The first kappa shape index (κ1) is 76.5. The summed E-state index contributed by atoms with van der Waals surface area (Å²) < 4.78 is 34.5. The van der Waals surface area contributed by atoms with Gasteiger partial charge < -0.3 is 18.9 Å². The molecule has 0 fully saturated rings. The van der Waals surface area contributed by atoms with Crippen LogP contribution in [0.4, 0.5) is 0 Å². The molecule has 0 heterocycles. The Hall–Kier alpha value is -1.51. The lowest BCUT2D eigenvalue weighted by Gasteiger charge is -2.24. The third-order valence-corrected chi connectivity index (χ3v) is 16.4. The van der Waals surface area contributed by atoms with Crippen LogP contribution in [0, 0.1) is 0 Å². The Morgan fingerprint density at radius 1 is 0.397 bits per heavy atom. The Morgan fingerprint density at radius 3 is 1.06 bits per heavy atom. The Kier molecular flexibility index (Phi) is 58.9. The number of phosphoric ester groups is 1. The van der Waals surface area contributed by atoms with Crippen LogP contribution < -0.4 is 0 Å². The van der Waals surface area contributed by atoms with Crippen molar-refractivity contribution >= 4 is 19.8 Å². The zero-order valence-corrected chi connectivity index (χ0v) is 53.6. The molecule has 0 aromatic heterocycles. The second-order valence-corrected chi connectivity index (χ2v) is 26.0. The first-order valence-electron chi connectivity index (χ1n) is 34.1. The van der Waals surface area contributed by atoms with Gasteiger partial charge in [-0.1, -0.05) is 321 Å². The Balaban J connectivity index is 3.77. The zero-order chi connectivity index (χ0) is 57.0. The summed E-state index contributed by atoms with van der Waals surface area (Å²) in [6, 6.07) is 0. The molecule has 0 radical (unpaired) electrons. The van der Waals surface area contributed by atoms with Gasteiger partial charge >= 0.3 is 19.8 Å². The lowest BCUT2D eigenvalue weighted by molar-refractivity contribution is -0.870. The summed E-state index contributed by atoms with van der Waals surface area (Å²) >= 11 is 0. The van der Waals surface area contributed by atoms with Crippen molar-refractivity contribution in [3.63, 3.8) is 0 Å². The average Bonchev–Trinajstić information content (AvgIpc) is 3.40. The summed E-state index contributed by atoms with van der Waals surface area (Å²) in [7, 11) is 1.48. The smallest absolute Gasteiger partial charge is 0.462 e. The van der Waals surface area contributed by atoms with Gasteiger partial charge in [-0.25, -0.2) is 4.57 Å². The van der Waals surface area contributed by atoms with Gasteiger partial charge in [0.1, 0.15) is 19.8 Å². The zero-order valence-electron chi connectivity index (χ0n) is 52.7. The predicted molar refractivity (Wildman–Crippen MR) is 335 cm³/mol. The first-order chi connectivity index (χ1) is 38.0. The maximum atomic E-state index is 12.8. The van der Waals surface area contributed by atoms with Gasteiger partial charge in [-0.3, -0.25) is 18.6 Å². The van der Waals surface area contributed by atoms with E-state index >= 15 is 0 Å². The van der Waals surface area contributed by atoms with Crippen LogP contribution in [0.25, 0.3) is 0 Å². The third-order valence-electron chi connectivity index (χ3n) is 15.5. The van der Waals surface area contributed by atoms with Gasteiger partial charge in [-0.15, -0.1) is 0 Å². The van der Waals surface area contributed by atoms with E-state index < -0.39 is 26.5 Å². The SMILES string of the molecule is CCC/C=C\C/C=C\CCCCCCCC(=O)OC(COC(=O)CCCCCCCCCCCCCCCCCCCCCCCCCCCCCCCCCCCCCCCCCCC)COP(=O)(O)OCC[N+](C)(C)C. The Labute approximate surface area is 485 Å². The molecule has 0 spiro atoms. The quantitative estimate of drug-likeness (QED) is 0.0211. The van der Waals surface area contributed by atoms with E-state index in [-0.39, 0.29) is 25.6 Å². The highest BCUT2D eigenvalue weighted by atomic mass is 31.2. The third kappa shape index (κ3) is 63.7. The second-order valence-electron chi connectivity index (χ2n) is 24.6. The minimum atomic E-state index is -4.38. The summed E-state index contributed by atoms with van der Waals surface area (Å²) in [4.78, 5) is 35.6. The van der Waals surface area contributed by atoms with Crippen LogP contribution in [0.5, 0.6) is 0 Å². The molecule has 10 heteroatoms. The minimum absolute atomic E-state index is 0.0310. The molecule has 462 valence electrons.